The summed E-state index contributed by atoms with van der Waals surface area (Å²) < 4.78 is 0. The molecule has 5 heteroatoms. The average Bonchev–Trinajstić information content (AvgIpc) is 2.73. The largest absolute Gasteiger partial charge is 0.338 e. The van der Waals surface area contributed by atoms with Gasteiger partial charge in [-0.1, -0.05) is 18.2 Å². The van der Waals surface area contributed by atoms with Gasteiger partial charge in [-0.05, 0) is 37.8 Å². The molecule has 0 radical (unpaired) electrons. The van der Waals surface area contributed by atoms with Gasteiger partial charge < -0.3 is 10.2 Å². The predicted octanol–water partition coefficient (Wildman–Crippen LogP) is 2.98. The number of aryl methyl sites for hydroxylation is 1. The molecule has 0 atom stereocenters. The number of pyridine rings is 1. The van der Waals surface area contributed by atoms with Crippen LogP contribution in [0.4, 0.5) is 5.95 Å². The Hall–Kier alpha value is -2.53. The number of anilines is 1. The average molecular weight is 345 g/mol. The van der Waals surface area contributed by atoms with Gasteiger partial charge in [0.1, 0.15) is 0 Å². The van der Waals surface area contributed by atoms with E-state index >= 15 is 0 Å². The molecule has 0 unspecified atom stereocenters. The second-order valence-electron chi connectivity index (χ2n) is 7.16. The highest BCUT2D eigenvalue weighted by Crippen LogP contribution is 2.32. The molecule has 1 aromatic carbocycles. The lowest BCUT2D eigenvalue weighted by molar-refractivity contribution is 0.575. The highest BCUT2D eigenvalue weighted by molar-refractivity contribution is 5.83. The molecule has 0 saturated carbocycles. The monoisotopic (exact) mass is 345 g/mol. The Morgan fingerprint density at radius 2 is 1.81 bits per heavy atom. The van der Waals surface area contributed by atoms with Crippen LogP contribution in [-0.4, -0.2) is 41.1 Å². The van der Waals surface area contributed by atoms with Crippen molar-refractivity contribution in [3.8, 4) is 11.3 Å². The van der Waals surface area contributed by atoms with Crippen LogP contribution in [0, 0.1) is 0 Å². The van der Waals surface area contributed by atoms with Crippen LogP contribution in [0.15, 0.2) is 36.5 Å². The number of para-hydroxylation sites is 1. The minimum atomic E-state index is 0.885. The molecular formula is C21H23N5. The van der Waals surface area contributed by atoms with E-state index in [1.807, 2.05) is 12.3 Å². The van der Waals surface area contributed by atoms with E-state index in [1.165, 1.54) is 24.1 Å². The molecule has 5 rings (SSSR count). The molecule has 132 valence electrons. The van der Waals surface area contributed by atoms with Crippen LogP contribution in [0.1, 0.15) is 24.1 Å². The summed E-state index contributed by atoms with van der Waals surface area (Å²) in [5.41, 5.74) is 5.79. The molecule has 0 spiro atoms. The van der Waals surface area contributed by atoms with Crippen LogP contribution in [0.5, 0.6) is 0 Å². The molecule has 3 heterocycles. The molecule has 1 aliphatic carbocycles. The van der Waals surface area contributed by atoms with Gasteiger partial charge in [0.05, 0.1) is 11.2 Å². The summed E-state index contributed by atoms with van der Waals surface area (Å²) in [7, 11) is 0. The maximum Gasteiger partial charge on any atom is 0.226 e. The van der Waals surface area contributed by atoms with Crippen LogP contribution < -0.4 is 10.2 Å². The molecule has 26 heavy (non-hydrogen) atoms. The van der Waals surface area contributed by atoms with Crippen molar-refractivity contribution in [1.82, 2.24) is 20.3 Å². The molecular weight excluding hydrogens is 322 g/mol. The Labute approximate surface area is 153 Å². The smallest absolute Gasteiger partial charge is 0.226 e. The maximum absolute atomic E-state index is 5.03. The summed E-state index contributed by atoms with van der Waals surface area (Å²) in [6, 6.07) is 10.5. The molecule has 1 N–H and O–H groups in total. The fraction of sp³-hybridized carbons (Fsp3) is 0.381. The number of nitrogens with one attached hydrogen (secondary N) is 1. The first-order valence-electron chi connectivity index (χ1n) is 9.59. The van der Waals surface area contributed by atoms with Gasteiger partial charge in [-0.3, -0.25) is 4.98 Å². The van der Waals surface area contributed by atoms with E-state index in [2.05, 4.69) is 39.5 Å². The molecule has 1 fully saturated rings. The number of rotatable bonds is 2. The first kappa shape index (κ1) is 15.7. The Balaban J connectivity index is 1.65. The standard InChI is InChI=1S/C21H23N5/c1-3-7-18-15(5-1)13-16(14-23-18)20-17-6-2-4-8-19(17)24-21(25-20)26-11-9-22-10-12-26/h1,3,5,7,13-14,22H,2,4,6,8-12H2. The van der Waals surface area contributed by atoms with E-state index in [0.29, 0.717) is 0 Å². The van der Waals surface area contributed by atoms with Crippen LogP contribution in [0.25, 0.3) is 22.2 Å². The van der Waals surface area contributed by atoms with E-state index in [1.54, 1.807) is 0 Å². The van der Waals surface area contributed by atoms with Gasteiger partial charge in [-0.15, -0.1) is 0 Å². The molecule has 0 bridgehead atoms. The topological polar surface area (TPSA) is 53.9 Å². The van der Waals surface area contributed by atoms with E-state index in [-0.39, 0.29) is 0 Å². The Kier molecular flexibility index (Phi) is 4.02. The molecule has 2 aliphatic rings. The van der Waals surface area contributed by atoms with Crippen molar-refractivity contribution in [1.29, 1.82) is 0 Å². The summed E-state index contributed by atoms with van der Waals surface area (Å²) in [6.07, 6.45) is 6.54. The second kappa shape index (κ2) is 6.65. The van der Waals surface area contributed by atoms with Crippen LogP contribution >= 0.6 is 0 Å². The van der Waals surface area contributed by atoms with Gasteiger partial charge in [-0.2, -0.15) is 0 Å². The maximum atomic E-state index is 5.03. The van der Waals surface area contributed by atoms with Gasteiger partial charge in [0.25, 0.3) is 0 Å². The van der Waals surface area contributed by atoms with Gasteiger partial charge in [0.2, 0.25) is 5.95 Å². The first-order valence-corrected chi connectivity index (χ1v) is 9.59. The van der Waals surface area contributed by atoms with Crippen molar-refractivity contribution < 1.29 is 0 Å². The van der Waals surface area contributed by atoms with Crippen molar-refractivity contribution in [3.63, 3.8) is 0 Å². The quantitative estimate of drug-likeness (QED) is 0.774. The lowest BCUT2D eigenvalue weighted by atomic mass is 9.92. The minimum Gasteiger partial charge on any atom is -0.338 e. The van der Waals surface area contributed by atoms with E-state index in [9.17, 15) is 0 Å². The number of hydrogen-bond donors (Lipinski definition) is 1. The zero-order chi connectivity index (χ0) is 17.3. The molecule has 1 aliphatic heterocycles. The second-order valence-corrected chi connectivity index (χ2v) is 7.16. The Morgan fingerprint density at radius 3 is 2.73 bits per heavy atom. The fourth-order valence-corrected chi connectivity index (χ4v) is 4.03. The Bertz CT molecular complexity index is 946. The zero-order valence-electron chi connectivity index (χ0n) is 14.9. The van der Waals surface area contributed by atoms with E-state index < -0.39 is 0 Å². The highest BCUT2D eigenvalue weighted by atomic mass is 15.3. The van der Waals surface area contributed by atoms with Crippen molar-refractivity contribution in [3.05, 3.63) is 47.8 Å². The van der Waals surface area contributed by atoms with E-state index in [4.69, 9.17) is 9.97 Å². The number of benzene rings is 1. The van der Waals surface area contributed by atoms with Gasteiger partial charge >= 0.3 is 0 Å². The summed E-state index contributed by atoms with van der Waals surface area (Å²) in [6.45, 7) is 3.92. The van der Waals surface area contributed by atoms with Crippen LogP contribution in [-0.2, 0) is 12.8 Å². The van der Waals surface area contributed by atoms with Gasteiger partial charge in [-0.25, -0.2) is 9.97 Å². The summed E-state index contributed by atoms with van der Waals surface area (Å²) in [4.78, 5) is 17.0. The Morgan fingerprint density at radius 1 is 0.962 bits per heavy atom. The van der Waals surface area contributed by atoms with Crippen molar-refractivity contribution >= 4 is 16.9 Å². The predicted molar refractivity (Wildman–Crippen MR) is 104 cm³/mol. The van der Waals surface area contributed by atoms with E-state index in [0.717, 1.165) is 67.1 Å². The molecule has 0 amide bonds. The number of nitrogens with zero attached hydrogens (tertiary/aromatic N) is 4. The number of hydrogen-bond acceptors (Lipinski definition) is 5. The SMILES string of the molecule is c1ccc2ncc(-c3nc(N4CCNCC4)nc4c3CCCC4)cc2c1. The highest BCUT2D eigenvalue weighted by Gasteiger charge is 2.22. The lowest BCUT2D eigenvalue weighted by Gasteiger charge is -2.29. The third-order valence-electron chi connectivity index (χ3n) is 5.44. The minimum absolute atomic E-state index is 0.885. The van der Waals surface area contributed by atoms with Crippen molar-refractivity contribution in [2.24, 2.45) is 0 Å². The third kappa shape index (κ3) is 2.82. The first-order chi connectivity index (χ1) is 12.9. The van der Waals surface area contributed by atoms with Crippen molar-refractivity contribution in [2.75, 3.05) is 31.1 Å². The summed E-state index contributed by atoms with van der Waals surface area (Å²) in [5, 5.41) is 4.57. The van der Waals surface area contributed by atoms with Crippen molar-refractivity contribution in [2.45, 2.75) is 25.7 Å². The molecule has 1 saturated heterocycles. The molecule has 3 aromatic rings. The third-order valence-corrected chi connectivity index (χ3v) is 5.44. The lowest BCUT2D eigenvalue weighted by Crippen LogP contribution is -2.44. The number of fused-ring (bicyclic) bond motifs is 2. The molecule has 2 aromatic heterocycles. The zero-order valence-corrected chi connectivity index (χ0v) is 14.9. The van der Waals surface area contributed by atoms with Crippen LogP contribution in [0.2, 0.25) is 0 Å². The molecule has 5 nitrogen and oxygen atoms in total. The summed E-state index contributed by atoms with van der Waals surface area (Å²) >= 11 is 0. The number of aromatic nitrogens is 3. The number of piperazine rings is 1. The fourth-order valence-electron chi connectivity index (χ4n) is 4.03. The van der Waals surface area contributed by atoms with Gasteiger partial charge in [0.15, 0.2) is 0 Å². The van der Waals surface area contributed by atoms with Gasteiger partial charge in [0, 0.05) is 54.6 Å². The van der Waals surface area contributed by atoms with Crippen LogP contribution in [0.3, 0.4) is 0 Å². The normalized spacial score (nSPS) is 17.3. The summed E-state index contributed by atoms with van der Waals surface area (Å²) in [5.74, 6) is 0.885.